The minimum Gasteiger partial charge on any atom is -0.322 e. The van der Waals surface area contributed by atoms with Gasteiger partial charge < -0.3 is 5.32 Å². The Morgan fingerprint density at radius 3 is 2.35 bits per heavy atom. The molecule has 0 atom stereocenters. The van der Waals surface area contributed by atoms with Crippen LogP contribution >= 0.6 is 11.6 Å². The van der Waals surface area contributed by atoms with E-state index in [2.05, 4.69) is 5.32 Å². The number of anilines is 1. The van der Waals surface area contributed by atoms with Crippen LogP contribution in [0.3, 0.4) is 0 Å². The van der Waals surface area contributed by atoms with E-state index in [9.17, 15) is 4.79 Å². The summed E-state index contributed by atoms with van der Waals surface area (Å²) in [5.41, 5.74) is 3.78. The van der Waals surface area contributed by atoms with Crippen molar-refractivity contribution in [2.45, 2.75) is 13.8 Å². The van der Waals surface area contributed by atoms with Crippen molar-refractivity contribution >= 4 is 29.3 Å². The normalized spacial score (nSPS) is 10.8. The van der Waals surface area contributed by atoms with Crippen molar-refractivity contribution in [1.82, 2.24) is 0 Å². The first-order valence-electron chi connectivity index (χ1n) is 6.38. The molecule has 1 amide bonds. The molecule has 0 saturated heterocycles. The zero-order valence-corrected chi connectivity index (χ0v) is 12.2. The third-order valence-electron chi connectivity index (χ3n) is 3.05. The molecule has 2 aromatic rings. The molecule has 0 fully saturated rings. The van der Waals surface area contributed by atoms with Gasteiger partial charge >= 0.3 is 0 Å². The standard InChI is InChI=1S/C17H16ClNO/c1-12-6-5-7-13(2)17(12)19-16(20)11-10-14-8-3-4-9-15(14)18/h3-11H,1-2H3,(H,19,20). The second-order valence-electron chi connectivity index (χ2n) is 4.61. The number of rotatable bonds is 3. The van der Waals surface area contributed by atoms with Gasteiger partial charge in [0.1, 0.15) is 0 Å². The number of para-hydroxylation sites is 1. The molecule has 2 aromatic carbocycles. The molecule has 102 valence electrons. The van der Waals surface area contributed by atoms with Gasteiger partial charge in [-0.1, -0.05) is 48.0 Å². The highest BCUT2D eigenvalue weighted by Gasteiger charge is 2.04. The Morgan fingerprint density at radius 1 is 1.05 bits per heavy atom. The maximum absolute atomic E-state index is 12.0. The predicted octanol–water partition coefficient (Wildman–Crippen LogP) is 4.61. The highest BCUT2D eigenvalue weighted by molar-refractivity contribution is 6.32. The molecule has 1 N–H and O–H groups in total. The van der Waals surface area contributed by atoms with E-state index < -0.39 is 0 Å². The SMILES string of the molecule is Cc1cccc(C)c1NC(=O)C=Cc1ccccc1Cl. The topological polar surface area (TPSA) is 29.1 Å². The average molecular weight is 286 g/mol. The molecule has 0 aliphatic heterocycles. The number of benzene rings is 2. The number of hydrogen-bond donors (Lipinski definition) is 1. The van der Waals surface area contributed by atoms with E-state index in [1.54, 1.807) is 12.1 Å². The molecule has 0 spiro atoms. The van der Waals surface area contributed by atoms with Crippen LogP contribution in [0.1, 0.15) is 16.7 Å². The summed E-state index contributed by atoms with van der Waals surface area (Å²) < 4.78 is 0. The van der Waals surface area contributed by atoms with E-state index in [0.29, 0.717) is 5.02 Å². The monoisotopic (exact) mass is 285 g/mol. The second kappa shape index (κ2) is 6.40. The van der Waals surface area contributed by atoms with Crippen LogP contribution in [0.5, 0.6) is 0 Å². The summed E-state index contributed by atoms with van der Waals surface area (Å²) in [5, 5.41) is 3.53. The lowest BCUT2D eigenvalue weighted by Crippen LogP contribution is -2.10. The fourth-order valence-corrected chi connectivity index (χ4v) is 2.15. The molecular weight excluding hydrogens is 270 g/mol. The number of amides is 1. The fourth-order valence-electron chi connectivity index (χ4n) is 1.95. The molecule has 0 aliphatic rings. The summed E-state index contributed by atoms with van der Waals surface area (Å²) in [4.78, 5) is 12.0. The molecule has 0 aromatic heterocycles. The lowest BCUT2D eigenvalue weighted by atomic mass is 10.1. The minimum absolute atomic E-state index is 0.165. The van der Waals surface area contributed by atoms with Gasteiger partial charge in [0.05, 0.1) is 0 Å². The highest BCUT2D eigenvalue weighted by Crippen LogP contribution is 2.20. The van der Waals surface area contributed by atoms with Crippen LogP contribution in [0.2, 0.25) is 5.02 Å². The maximum atomic E-state index is 12.0. The molecule has 0 bridgehead atoms. The van der Waals surface area contributed by atoms with E-state index in [1.165, 1.54) is 6.08 Å². The third-order valence-corrected chi connectivity index (χ3v) is 3.39. The van der Waals surface area contributed by atoms with Crippen LogP contribution in [0.15, 0.2) is 48.5 Å². The Kier molecular flexibility index (Phi) is 4.59. The Morgan fingerprint density at radius 2 is 1.70 bits per heavy atom. The summed E-state index contributed by atoms with van der Waals surface area (Å²) >= 11 is 6.04. The molecule has 0 aliphatic carbocycles. The first kappa shape index (κ1) is 14.4. The number of aryl methyl sites for hydroxylation is 2. The average Bonchev–Trinajstić information content (AvgIpc) is 2.42. The lowest BCUT2D eigenvalue weighted by molar-refractivity contribution is -0.111. The van der Waals surface area contributed by atoms with Gasteiger partial charge in [-0.2, -0.15) is 0 Å². The van der Waals surface area contributed by atoms with Crippen LogP contribution in [0.25, 0.3) is 6.08 Å². The number of carbonyl (C=O) groups excluding carboxylic acids is 1. The van der Waals surface area contributed by atoms with E-state index in [1.807, 2.05) is 50.2 Å². The summed E-state index contributed by atoms with van der Waals surface area (Å²) in [6.07, 6.45) is 3.21. The molecule has 0 saturated carbocycles. The number of hydrogen-bond acceptors (Lipinski definition) is 1. The van der Waals surface area contributed by atoms with Gasteiger partial charge in [-0.25, -0.2) is 0 Å². The highest BCUT2D eigenvalue weighted by atomic mass is 35.5. The molecule has 20 heavy (non-hydrogen) atoms. The smallest absolute Gasteiger partial charge is 0.248 e. The van der Waals surface area contributed by atoms with Crippen LogP contribution in [0.4, 0.5) is 5.69 Å². The first-order valence-corrected chi connectivity index (χ1v) is 6.75. The van der Waals surface area contributed by atoms with Gasteiger partial charge in [0.15, 0.2) is 0 Å². The van der Waals surface area contributed by atoms with Crippen molar-refractivity contribution in [3.05, 3.63) is 70.3 Å². The van der Waals surface area contributed by atoms with E-state index in [0.717, 1.165) is 22.4 Å². The second-order valence-corrected chi connectivity index (χ2v) is 5.02. The first-order chi connectivity index (χ1) is 9.58. The van der Waals surface area contributed by atoms with Gasteiger partial charge in [0.25, 0.3) is 0 Å². The zero-order chi connectivity index (χ0) is 14.5. The van der Waals surface area contributed by atoms with Crippen molar-refractivity contribution in [3.63, 3.8) is 0 Å². The van der Waals surface area contributed by atoms with Gasteiger partial charge in [-0.05, 0) is 42.7 Å². The molecule has 0 unspecified atom stereocenters. The van der Waals surface area contributed by atoms with Crippen molar-refractivity contribution in [3.8, 4) is 0 Å². The predicted molar refractivity (Wildman–Crippen MR) is 85.0 cm³/mol. The van der Waals surface area contributed by atoms with Crippen molar-refractivity contribution in [1.29, 1.82) is 0 Å². The van der Waals surface area contributed by atoms with E-state index >= 15 is 0 Å². The van der Waals surface area contributed by atoms with Crippen LogP contribution in [-0.2, 0) is 4.79 Å². The number of nitrogens with one attached hydrogen (secondary N) is 1. The summed E-state index contributed by atoms with van der Waals surface area (Å²) in [6.45, 7) is 3.95. The van der Waals surface area contributed by atoms with Gasteiger partial charge in [0.2, 0.25) is 5.91 Å². The zero-order valence-electron chi connectivity index (χ0n) is 11.5. The van der Waals surface area contributed by atoms with Gasteiger partial charge in [0, 0.05) is 16.8 Å². The van der Waals surface area contributed by atoms with Crippen LogP contribution in [-0.4, -0.2) is 5.91 Å². The number of carbonyl (C=O) groups is 1. The molecular formula is C17H16ClNO. The van der Waals surface area contributed by atoms with Gasteiger partial charge in [-0.3, -0.25) is 4.79 Å². The Balaban J connectivity index is 2.12. The molecule has 0 heterocycles. The molecule has 3 heteroatoms. The Bertz CT molecular complexity index is 642. The van der Waals surface area contributed by atoms with E-state index in [4.69, 9.17) is 11.6 Å². The Labute approximate surface area is 124 Å². The quantitative estimate of drug-likeness (QED) is 0.820. The minimum atomic E-state index is -0.165. The maximum Gasteiger partial charge on any atom is 0.248 e. The Hall–Kier alpha value is -2.06. The van der Waals surface area contributed by atoms with Crippen molar-refractivity contribution in [2.75, 3.05) is 5.32 Å². The summed E-state index contributed by atoms with van der Waals surface area (Å²) in [6, 6.07) is 13.3. The van der Waals surface area contributed by atoms with Crippen molar-refractivity contribution < 1.29 is 4.79 Å². The number of halogens is 1. The van der Waals surface area contributed by atoms with Gasteiger partial charge in [-0.15, -0.1) is 0 Å². The third kappa shape index (κ3) is 3.49. The van der Waals surface area contributed by atoms with Crippen LogP contribution in [0, 0.1) is 13.8 Å². The fraction of sp³-hybridized carbons (Fsp3) is 0.118. The molecule has 0 radical (unpaired) electrons. The van der Waals surface area contributed by atoms with Crippen LogP contribution < -0.4 is 5.32 Å². The summed E-state index contributed by atoms with van der Waals surface area (Å²) in [7, 11) is 0. The molecule has 2 nitrogen and oxygen atoms in total. The van der Waals surface area contributed by atoms with E-state index in [-0.39, 0.29) is 5.91 Å². The van der Waals surface area contributed by atoms with Crippen molar-refractivity contribution in [2.24, 2.45) is 0 Å². The largest absolute Gasteiger partial charge is 0.322 e. The molecule has 2 rings (SSSR count). The summed E-state index contributed by atoms with van der Waals surface area (Å²) in [5.74, 6) is -0.165. The lowest BCUT2D eigenvalue weighted by Gasteiger charge is -2.09.